The summed E-state index contributed by atoms with van der Waals surface area (Å²) >= 11 is 0. The molecule has 0 aliphatic rings. The molecule has 1 atom stereocenters. The van der Waals surface area contributed by atoms with E-state index in [1.807, 2.05) is 18.2 Å². The fourth-order valence-corrected chi connectivity index (χ4v) is 2.86. The summed E-state index contributed by atoms with van der Waals surface area (Å²) in [6, 6.07) is 14.6. The Hall–Kier alpha value is -4.21. The van der Waals surface area contributed by atoms with Gasteiger partial charge in [0.1, 0.15) is 12.6 Å². The molecule has 2 amide bonds. The van der Waals surface area contributed by atoms with Crippen molar-refractivity contribution >= 4 is 18.0 Å². The van der Waals surface area contributed by atoms with Crippen LogP contribution in [0.5, 0.6) is 0 Å². The molecule has 0 spiro atoms. The van der Waals surface area contributed by atoms with Crippen LogP contribution in [0, 0.1) is 6.92 Å². The summed E-state index contributed by atoms with van der Waals surface area (Å²) in [4.78, 5) is 41.2. The maximum absolute atomic E-state index is 12.6. The van der Waals surface area contributed by atoms with E-state index in [4.69, 9.17) is 14.0 Å². The number of amides is 2. The largest absolute Gasteiger partial charge is 0.464 e. The van der Waals surface area contributed by atoms with Gasteiger partial charge in [-0.3, -0.25) is 4.79 Å². The topological polar surface area (TPSA) is 133 Å². The highest BCUT2D eigenvalue weighted by molar-refractivity contribution is 5.95. The van der Waals surface area contributed by atoms with E-state index < -0.39 is 24.0 Å². The van der Waals surface area contributed by atoms with E-state index in [0.29, 0.717) is 22.8 Å². The molecule has 3 rings (SSSR count). The third-order valence-electron chi connectivity index (χ3n) is 4.45. The van der Waals surface area contributed by atoms with Gasteiger partial charge in [0, 0.05) is 24.6 Å². The minimum absolute atomic E-state index is 0.0386. The zero-order valence-electron chi connectivity index (χ0n) is 18.2. The van der Waals surface area contributed by atoms with Crippen LogP contribution in [-0.4, -0.2) is 47.3 Å². The smallest absolute Gasteiger partial charge is 0.408 e. The number of hydrogen-bond acceptors (Lipinski definition) is 8. The maximum Gasteiger partial charge on any atom is 0.408 e. The lowest BCUT2D eigenvalue weighted by atomic mass is 10.1. The number of carbonyl (C=O) groups excluding carboxylic acids is 3. The van der Waals surface area contributed by atoms with E-state index in [0.717, 1.165) is 5.56 Å². The van der Waals surface area contributed by atoms with Gasteiger partial charge in [0.15, 0.2) is 0 Å². The quantitative estimate of drug-likeness (QED) is 0.474. The normalized spacial score (nSPS) is 11.3. The Kier molecular flexibility index (Phi) is 8.12. The molecule has 3 aromatic rings. The predicted molar refractivity (Wildman–Crippen MR) is 117 cm³/mol. The van der Waals surface area contributed by atoms with Gasteiger partial charge in [-0.15, -0.1) is 0 Å². The highest BCUT2D eigenvalue weighted by Gasteiger charge is 2.24. The van der Waals surface area contributed by atoms with E-state index >= 15 is 0 Å². The monoisotopic (exact) mass is 452 g/mol. The molecule has 2 aromatic carbocycles. The molecular weight excluding hydrogens is 428 g/mol. The number of rotatable bonds is 9. The molecule has 0 radical (unpaired) electrons. The molecule has 172 valence electrons. The fraction of sp³-hybridized carbons (Fsp3) is 0.261. The van der Waals surface area contributed by atoms with Gasteiger partial charge in [-0.05, 0) is 24.6 Å². The molecule has 2 N–H and O–H groups in total. The maximum atomic E-state index is 12.6. The minimum Gasteiger partial charge on any atom is -0.464 e. The number of ether oxygens (including phenoxy) is 2. The summed E-state index contributed by atoms with van der Waals surface area (Å²) in [6.45, 7) is 3.28. The van der Waals surface area contributed by atoms with E-state index in [1.54, 1.807) is 50.2 Å². The molecule has 1 aromatic heterocycles. The van der Waals surface area contributed by atoms with Crippen molar-refractivity contribution in [3.63, 3.8) is 0 Å². The van der Waals surface area contributed by atoms with Gasteiger partial charge in [0.2, 0.25) is 11.7 Å². The van der Waals surface area contributed by atoms with Gasteiger partial charge in [0.25, 0.3) is 5.91 Å². The van der Waals surface area contributed by atoms with E-state index in [2.05, 4.69) is 20.8 Å². The molecule has 1 heterocycles. The van der Waals surface area contributed by atoms with Gasteiger partial charge in [-0.2, -0.15) is 4.98 Å². The van der Waals surface area contributed by atoms with E-state index in [9.17, 15) is 14.4 Å². The lowest BCUT2D eigenvalue weighted by Gasteiger charge is -2.18. The Labute approximate surface area is 190 Å². The van der Waals surface area contributed by atoms with Crippen molar-refractivity contribution in [3.05, 3.63) is 71.6 Å². The minimum atomic E-state index is -1.12. The van der Waals surface area contributed by atoms with Crippen LogP contribution < -0.4 is 10.6 Å². The van der Waals surface area contributed by atoms with Crippen molar-refractivity contribution in [1.82, 2.24) is 20.8 Å². The first kappa shape index (κ1) is 23.5. The third kappa shape index (κ3) is 6.89. The number of aromatic nitrogens is 2. The summed E-state index contributed by atoms with van der Waals surface area (Å²) in [6.07, 6.45) is -0.805. The van der Waals surface area contributed by atoms with Gasteiger partial charge < -0.3 is 24.6 Å². The SMILES string of the molecule is CCOC(=O)[C@@H](CNC(=O)c1cccc(-c2noc(C)n2)c1)NC(=O)OCc1ccccc1. The molecule has 0 saturated heterocycles. The molecule has 0 aliphatic heterocycles. The molecule has 10 heteroatoms. The van der Waals surface area contributed by atoms with Crippen LogP contribution in [0.1, 0.15) is 28.7 Å². The zero-order chi connectivity index (χ0) is 23.6. The van der Waals surface area contributed by atoms with Crippen LogP contribution in [0.2, 0.25) is 0 Å². The standard InChI is InChI=1S/C23H24N4O6/c1-3-31-22(29)19(26-23(30)32-14-16-8-5-4-6-9-16)13-24-21(28)18-11-7-10-17(12-18)20-25-15(2)33-27-20/h4-12,19H,3,13-14H2,1-2H3,(H,24,28)(H,26,30)/t19-/m1/s1. The molecule has 0 saturated carbocycles. The number of alkyl carbamates (subject to hydrolysis) is 1. The molecule has 0 fully saturated rings. The first-order chi connectivity index (χ1) is 16.0. The van der Waals surface area contributed by atoms with Crippen molar-refractivity contribution in [2.24, 2.45) is 0 Å². The lowest BCUT2D eigenvalue weighted by Crippen LogP contribution is -2.49. The van der Waals surface area contributed by atoms with Crippen molar-refractivity contribution < 1.29 is 28.4 Å². The average Bonchev–Trinajstić information content (AvgIpc) is 3.27. The number of nitrogens with one attached hydrogen (secondary N) is 2. The van der Waals surface area contributed by atoms with E-state index in [-0.39, 0.29) is 19.8 Å². The van der Waals surface area contributed by atoms with Crippen LogP contribution in [0.25, 0.3) is 11.4 Å². The highest BCUT2D eigenvalue weighted by Crippen LogP contribution is 2.17. The highest BCUT2D eigenvalue weighted by atomic mass is 16.6. The first-order valence-electron chi connectivity index (χ1n) is 10.3. The number of nitrogens with zero attached hydrogens (tertiary/aromatic N) is 2. The van der Waals surface area contributed by atoms with Crippen LogP contribution in [0.3, 0.4) is 0 Å². The second kappa shape index (κ2) is 11.4. The molecule has 0 unspecified atom stereocenters. The van der Waals surface area contributed by atoms with Crippen LogP contribution in [0.15, 0.2) is 59.1 Å². The first-order valence-corrected chi connectivity index (χ1v) is 10.3. The number of aryl methyl sites for hydroxylation is 1. The van der Waals surface area contributed by atoms with Crippen molar-refractivity contribution in [3.8, 4) is 11.4 Å². The Bertz CT molecular complexity index is 1100. The fourth-order valence-electron chi connectivity index (χ4n) is 2.86. The molecule has 10 nitrogen and oxygen atoms in total. The summed E-state index contributed by atoms with van der Waals surface area (Å²) in [5.74, 6) is -0.381. The molecular formula is C23H24N4O6. The third-order valence-corrected chi connectivity index (χ3v) is 4.45. The van der Waals surface area contributed by atoms with Crippen molar-refractivity contribution in [2.45, 2.75) is 26.5 Å². The van der Waals surface area contributed by atoms with Gasteiger partial charge >= 0.3 is 12.1 Å². The van der Waals surface area contributed by atoms with Crippen molar-refractivity contribution in [2.75, 3.05) is 13.2 Å². The summed E-state index contributed by atoms with van der Waals surface area (Å²) in [5.41, 5.74) is 1.72. The Morgan fingerprint density at radius 1 is 1.06 bits per heavy atom. The van der Waals surface area contributed by atoms with Gasteiger partial charge in [0.05, 0.1) is 6.61 Å². The second-order valence-electron chi connectivity index (χ2n) is 6.94. The van der Waals surface area contributed by atoms with Gasteiger partial charge in [-0.25, -0.2) is 9.59 Å². The van der Waals surface area contributed by atoms with Crippen molar-refractivity contribution in [1.29, 1.82) is 0 Å². The number of esters is 1. The molecule has 33 heavy (non-hydrogen) atoms. The Morgan fingerprint density at radius 2 is 1.85 bits per heavy atom. The Morgan fingerprint density at radius 3 is 2.55 bits per heavy atom. The molecule has 0 bridgehead atoms. The predicted octanol–water partition coefficient (Wildman–Crippen LogP) is 2.63. The number of benzene rings is 2. The summed E-state index contributed by atoms with van der Waals surface area (Å²) in [7, 11) is 0. The van der Waals surface area contributed by atoms with Gasteiger partial charge in [-0.1, -0.05) is 47.6 Å². The van der Waals surface area contributed by atoms with Crippen LogP contribution in [-0.2, 0) is 20.9 Å². The zero-order valence-corrected chi connectivity index (χ0v) is 18.2. The van der Waals surface area contributed by atoms with Crippen LogP contribution >= 0.6 is 0 Å². The summed E-state index contributed by atoms with van der Waals surface area (Å²) in [5, 5.41) is 8.90. The number of hydrogen-bond donors (Lipinski definition) is 2. The Balaban J connectivity index is 1.60. The second-order valence-corrected chi connectivity index (χ2v) is 6.94. The average molecular weight is 452 g/mol. The van der Waals surface area contributed by atoms with E-state index in [1.165, 1.54) is 0 Å². The lowest BCUT2D eigenvalue weighted by molar-refractivity contribution is -0.145. The summed E-state index contributed by atoms with van der Waals surface area (Å²) < 4.78 is 15.1. The molecule has 0 aliphatic carbocycles. The van der Waals surface area contributed by atoms with Crippen LogP contribution in [0.4, 0.5) is 4.79 Å². The number of carbonyl (C=O) groups is 3.